The van der Waals surface area contributed by atoms with E-state index in [0.29, 0.717) is 17.9 Å². The molecular weight excluding hydrogens is 324 g/mol. The number of para-hydroxylation sites is 1. The van der Waals surface area contributed by atoms with E-state index in [4.69, 9.17) is 4.74 Å². The molecule has 128 valence electrons. The van der Waals surface area contributed by atoms with Crippen LogP contribution in [0.1, 0.15) is 48.2 Å². The van der Waals surface area contributed by atoms with Crippen LogP contribution < -0.4 is 10.1 Å². The SMILES string of the molecule is O=C(NCC1(O)CCCCC1)c1ccccc1OCc1cscn1. The summed E-state index contributed by atoms with van der Waals surface area (Å²) in [4.78, 5) is 16.7. The number of hydrogen-bond donors (Lipinski definition) is 2. The summed E-state index contributed by atoms with van der Waals surface area (Å²) in [7, 11) is 0. The van der Waals surface area contributed by atoms with Crippen LogP contribution in [-0.2, 0) is 6.61 Å². The normalized spacial score (nSPS) is 16.5. The molecule has 0 spiro atoms. The maximum Gasteiger partial charge on any atom is 0.255 e. The van der Waals surface area contributed by atoms with Gasteiger partial charge in [-0.15, -0.1) is 11.3 Å². The van der Waals surface area contributed by atoms with Crippen molar-refractivity contribution >= 4 is 17.2 Å². The molecular formula is C18H22N2O3S. The largest absolute Gasteiger partial charge is 0.486 e. The Morgan fingerprint density at radius 3 is 2.83 bits per heavy atom. The van der Waals surface area contributed by atoms with Crippen LogP contribution in [0.3, 0.4) is 0 Å². The molecule has 0 saturated heterocycles. The van der Waals surface area contributed by atoms with Crippen molar-refractivity contribution in [1.29, 1.82) is 0 Å². The van der Waals surface area contributed by atoms with E-state index in [-0.39, 0.29) is 12.5 Å². The van der Waals surface area contributed by atoms with Gasteiger partial charge < -0.3 is 15.2 Å². The summed E-state index contributed by atoms with van der Waals surface area (Å²) in [5.41, 5.74) is 2.30. The number of thiazole rings is 1. The highest BCUT2D eigenvalue weighted by Crippen LogP contribution is 2.27. The summed E-state index contributed by atoms with van der Waals surface area (Å²) in [5, 5.41) is 15.3. The number of ether oxygens (including phenoxy) is 1. The molecule has 1 aromatic heterocycles. The second kappa shape index (κ2) is 7.77. The van der Waals surface area contributed by atoms with E-state index in [0.717, 1.165) is 37.8 Å². The Labute approximate surface area is 145 Å². The molecule has 0 atom stereocenters. The van der Waals surface area contributed by atoms with Gasteiger partial charge in [-0.2, -0.15) is 0 Å². The minimum absolute atomic E-state index is 0.220. The number of carbonyl (C=O) groups excluding carboxylic acids is 1. The zero-order chi connectivity index (χ0) is 16.8. The number of rotatable bonds is 6. The average molecular weight is 346 g/mol. The highest BCUT2D eigenvalue weighted by Gasteiger charge is 2.29. The summed E-state index contributed by atoms with van der Waals surface area (Å²) in [6.07, 6.45) is 4.67. The van der Waals surface area contributed by atoms with E-state index in [9.17, 15) is 9.90 Å². The van der Waals surface area contributed by atoms with Gasteiger partial charge in [-0.1, -0.05) is 31.4 Å². The van der Waals surface area contributed by atoms with Crippen LogP contribution in [0, 0.1) is 0 Å². The third-order valence-electron chi connectivity index (χ3n) is 4.35. The summed E-state index contributed by atoms with van der Waals surface area (Å²) in [6, 6.07) is 7.15. The Balaban J connectivity index is 1.61. The Hall–Kier alpha value is -1.92. The van der Waals surface area contributed by atoms with Gasteiger partial charge in [-0.05, 0) is 25.0 Å². The van der Waals surface area contributed by atoms with Gasteiger partial charge in [0.15, 0.2) is 0 Å². The van der Waals surface area contributed by atoms with Gasteiger partial charge in [0.2, 0.25) is 0 Å². The Morgan fingerprint density at radius 1 is 1.29 bits per heavy atom. The van der Waals surface area contributed by atoms with Gasteiger partial charge in [-0.3, -0.25) is 4.79 Å². The molecule has 2 N–H and O–H groups in total. The van der Waals surface area contributed by atoms with Gasteiger partial charge in [-0.25, -0.2) is 4.98 Å². The Morgan fingerprint density at radius 2 is 2.08 bits per heavy atom. The van der Waals surface area contributed by atoms with Crippen LogP contribution in [0.25, 0.3) is 0 Å². The number of aromatic nitrogens is 1. The lowest BCUT2D eigenvalue weighted by atomic mass is 9.85. The van der Waals surface area contributed by atoms with Gasteiger partial charge >= 0.3 is 0 Å². The standard InChI is InChI=1S/C18H22N2O3S/c21-17(19-12-18(22)8-4-1-5-9-18)15-6-2-3-7-16(15)23-10-14-11-24-13-20-14/h2-3,6-7,11,13,22H,1,4-5,8-10,12H2,(H,19,21). The number of hydrogen-bond acceptors (Lipinski definition) is 5. The summed E-state index contributed by atoms with van der Waals surface area (Å²) < 4.78 is 5.74. The third-order valence-corrected chi connectivity index (χ3v) is 4.99. The maximum atomic E-state index is 12.5. The van der Waals surface area contributed by atoms with Crippen LogP contribution in [0.4, 0.5) is 0 Å². The highest BCUT2D eigenvalue weighted by molar-refractivity contribution is 7.07. The lowest BCUT2D eigenvalue weighted by Gasteiger charge is -2.32. The van der Waals surface area contributed by atoms with Crippen LogP contribution >= 0.6 is 11.3 Å². The molecule has 1 saturated carbocycles. The molecule has 1 heterocycles. The average Bonchev–Trinajstić information content (AvgIpc) is 3.12. The molecule has 3 rings (SSSR count). The molecule has 6 heteroatoms. The summed E-state index contributed by atoms with van der Waals surface area (Å²) in [6.45, 7) is 0.615. The third kappa shape index (κ3) is 4.33. The lowest BCUT2D eigenvalue weighted by molar-refractivity contribution is 0.00522. The number of carbonyl (C=O) groups is 1. The first kappa shape index (κ1) is 16.9. The number of nitrogens with zero attached hydrogens (tertiary/aromatic N) is 1. The molecule has 2 aromatic rings. The van der Waals surface area contributed by atoms with E-state index in [2.05, 4.69) is 10.3 Å². The zero-order valence-electron chi connectivity index (χ0n) is 13.5. The minimum atomic E-state index is -0.774. The van der Waals surface area contributed by atoms with Gasteiger partial charge in [0.25, 0.3) is 5.91 Å². The quantitative estimate of drug-likeness (QED) is 0.843. The van der Waals surface area contributed by atoms with E-state index < -0.39 is 5.60 Å². The van der Waals surface area contributed by atoms with Crippen molar-refractivity contribution < 1.29 is 14.6 Å². The van der Waals surface area contributed by atoms with Crippen molar-refractivity contribution in [3.05, 3.63) is 46.4 Å². The number of amides is 1. The van der Waals surface area contributed by atoms with E-state index in [1.807, 2.05) is 11.4 Å². The molecule has 0 unspecified atom stereocenters. The van der Waals surface area contributed by atoms with Crippen molar-refractivity contribution in [2.45, 2.75) is 44.3 Å². The van der Waals surface area contributed by atoms with E-state index >= 15 is 0 Å². The topological polar surface area (TPSA) is 71.5 Å². The fourth-order valence-electron chi connectivity index (χ4n) is 2.97. The molecule has 1 aliphatic carbocycles. The Kier molecular flexibility index (Phi) is 5.48. The highest BCUT2D eigenvalue weighted by atomic mass is 32.1. The molecule has 0 radical (unpaired) electrons. The lowest BCUT2D eigenvalue weighted by Crippen LogP contribution is -2.44. The fraction of sp³-hybridized carbons (Fsp3) is 0.444. The second-order valence-corrected chi connectivity index (χ2v) is 6.95. The zero-order valence-corrected chi connectivity index (χ0v) is 14.3. The van der Waals surface area contributed by atoms with Crippen molar-refractivity contribution in [3.8, 4) is 5.75 Å². The maximum absolute atomic E-state index is 12.5. The second-order valence-electron chi connectivity index (χ2n) is 6.23. The van der Waals surface area contributed by atoms with Crippen LogP contribution in [-0.4, -0.2) is 28.1 Å². The predicted octanol–water partition coefficient (Wildman–Crippen LogP) is 3.15. The van der Waals surface area contributed by atoms with Crippen LogP contribution in [0.2, 0.25) is 0 Å². The first-order valence-corrected chi connectivity index (χ1v) is 9.20. The van der Waals surface area contributed by atoms with Crippen LogP contribution in [0.15, 0.2) is 35.2 Å². The smallest absolute Gasteiger partial charge is 0.255 e. The van der Waals surface area contributed by atoms with Crippen molar-refractivity contribution in [2.24, 2.45) is 0 Å². The molecule has 0 aliphatic heterocycles. The summed E-state index contributed by atoms with van der Waals surface area (Å²) in [5.74, 6) is 0.307. The molecule has 1 fully saturated rings. The summed E-state index contributed by atoms with van der Waals surface area (Å²) >= 11 is 1.51. The molecule has 1 aliphatic rings. The molecule has 1 amide bonds. The van der Waals surface area contributed by atoms with Gasteiger partial charge in [0, 0.05) is 11.9 Å². The van der Waals surface area contributed by atoms with Crippen molar-refractivity contribution in [2.75, 3.05) is 6.54 Å². The number of aliphatic hydroxyl groups is 1. The van der Waals surface area contributed by atoms with Gasteiger partial charge in [0.1, 0.15) is 12.4 Å². The molecule has 1 aromatic carbocycles. The van der Waals surface area contributed by atoms with Crippen LogP contribution in [0.5, 0.6) is 5.75 Å². The Bertz CT molecular complexity index is 667. The number of nitrogens with one attached hydrogen (secondary N) is 1. The monoisotopic (exact) mass is 346 g/mol. The van der Waals surface area contributed by atoms with E-state index in [1.54, 1.807) is 23.7 Å². The first-order chi connectivity index (χ1) is 11.7. The van der Waals surface area contributed by atoms with Crippen molar-refractivity contribution in [3.63, 3.8) is 0 Å². The molecule has 24 heavy (non-hydrogen) atoms. The number of benzene rings is 1. The predicted molar refractivity (Wildman–Crippen MR) is 93.3 cm³/mol. The van der Waals surface area contributed by atoms with Crippen molar-refractivity contribution in [1.82, 2.24) is 10.3 Å². The molecule has 0 bridgehead atoms. The van der Waals surface area contributed by atoms with E-state index in [1.165, 1.54) is 11.3 Å². The minimum Gasteiger partial charge on any atom is -0.486 e. The molecule has 5 nitrogen and oxygen atoms in total. The fourth-order valence-corrected chi connectivity index (χ4v) is 3.51. The first-order valence-electron chi connectivity index (χ1n) is 8.26. The van der Waals surface area contributed by atoms with Gasteiger partial charge in [0.05, 0.1) is 22.4 Å².